The highest BCUT2D eigenvalue weighted by atomic mass is 16.3. The van der Waals surface area contributed by atoms with Crippen molar-refractivity contribution in [1.29, 1.82) is 0 Å². The van der Waals surface area contributed by atoms with E-state index in [0.29, 0.717) is 0 Å². The molecule has 3 heteroatoms. The van der Waals surface area contributed by atoms with Crippen LogP contribution in [0.15, 0.2) is 28.7 Å². The van der Waals surface area contributed by atoms with Gasteiger partial charge in [0.15, 0.2) is 0 Å². The highest BCUT2D eigenvalue weighted by Crippen LogP contribution is 2.48. The Bertz CT molecular complexity index is 647. The average molecular weight is 271 g/mol. The zero-order valence-electron chi connectivity index (χ0n) is 11.9. The number of aliphatic hydroxyl groups excluding tert-OH is 1. The van der Waals surface area contributed by atoms with Gasteiger partial charge in [-0.25, -0.2) is 0 Å². The number of aliphatic hydroxyl groups is 1. The standard InChI is InChI=1S/C17H21NO2/c1-17-12(11-19)5-4-9-18(17)10-8-14-13-6-2-3-7-15(13)20-16(14)17/h2-3,6-7,12,19H,4-5,8-11H2,1H3/t12-,17?/m1/s1. The first-order valence-corrected chi connectivity index (χ1v) is 7.62. The second kappa shape index (κ2) is 4.34. The molecule has 1 aromatic heterocycles. The summed E-state index contributed by atoms with van der Waals surface area (Å²) in [7, 11) is 0. The fraction of sp³-hybridized carbons (Fsp3) is 0.529. The van der Waals surface area contributed by atoms with Crippen molar-refractivity contribution in [3.63, 3.8) is 0 Å². The number of hydrogen-bond acceptors (Lipinski definition) is 3. The lowest BCUT2D eigenvalue weighted by Gasteiger charge is -2.51. The predicted octanol–water partition coefficient (Wildman–Crippen LogP) is 2.91. The summed E-state index contributed by atoms with van der Waals surface area (Å²) < 4.78 is 6.24. The minimum Gasteiger partial charge on any atom is -0.459 e. The number of benzene rings is 1. The summed E-state index contributed by atoms with van der Waals surface area (Å²) in [5.41, 5.74) is 2.21. The van der Waals surface area contributed by atoms with Gasteiger partial charge in [-0.1, -0.05) is 18.2 Å². The van der Waals surface area contributed by atoms with Gasteiger partial charge in [-0.3, -0.25) is 4.90 Å². The van der Waals surface area contributed by atoms with Crippen LogP contribution < -0.4 is 0 Å². The van der Waals surface area contributed by atoms with Crippen molar-refractivity contribution in [2.75, 3.05) is 19.7 Å². The number of nitrogens with zero attached hydrogens (tertiary/aromatic N) is 1. The van der Waals surface area contributed by atoms with Crippen LogP contribution in [0.2, 0.25) is 0 Å². The molecule has 2 aromatic rings. The topological polar surface area (TPSA) is 36.6 Å². The van der Waals surface area contributed by atoms with E-state index in [2.05, 4.69) is 30.0 Å². The molecule has 1 N–H and O–H groups in total. The maximum absolute atomic E-state index is 9.83. The van der Waals surface area contributed by atoms with Crippen molar-refractivity contribution < 1.29 is 9.52 Å². The van der Waals surface area contributed by atoms with Gasteiger partial charge >= 0.3 is 0 Å². The lowest BCUT2D eigenvalue weighted by Crippen LogP contribution is -2.56. The predicted molar refractivity (Wildman–Crippen MR) is 78.7 cm³/mol. The summed E-state index contributed by atoms with van der Waals surface area (Å²) in [5, 5.41) is 11.1. The summed E-state index contributed by atoms with van der Waals surface area (Å²) >= 11 is 0. The van der Waals surface area contributed by atoms with Crippen LogP contribution in [-0.4, -0.2) is 29.7 Å². The van der Waals surface area contributed by atoms with Crippen LogP contribution in [0.1, 0.15) is 31.1 Å². The maximum Gasteiger partial charge on any atom is 0.134 e. The van der Waals surface area contributed by atoms with Gasteiger partial charge in [-0.05, 0) is 38.8 Å². The smallest absolute Gasteiger partial charge is 0.134 e. The van der Waals surface area contributed by atoms with E-state index in [1.165, 1.54) is 17.4 Å². The summed E-state index contributed by atoms with van der Waals surface area (Å²) in [6, 6.07) is 8.32. The van der Waals surface area contributed by atoms with Crippen molar-refractivity contribution in [3.05, 3.63) is 35.6 Å². The molecule has 2 atom stereocenters. The second-order valence-corrected chi connectivity index (χ2v) is 6.31. The van der Waals surface area contributed by atoms with E-state index in [1.54, 1.807) is 0 Å². The third-order valence-electron chi connectivity index (χ3n) is 5.44. The lowest BCUT2D eigenvalue weighted by atomic mass is 9.73. The molecule has 20 heavy (non-hydrogen) atoms. The summed E-state index contributed by atoms with van der Waals surface area (Å²) in [6.45, 7) is 4.68. The summed E-state index contributed by atoms with van der Waals surface area (Å²) in [6.07, 6.45) is 3.32. The number of hydrogen-bond donors (Lipinski definition) is 1. The number of para-hydroxylation sites is 1. The zero-order chi connectivity index (χ0) is 13.7. The fourth-order valence-electron chi connectivity index (χ4n) is 4.24. The molecule has 0 aliphatic carbocycles. The van der Waals surface area contributed by atoms with E-state index in [-0.39, 0.29) is 18.1 Å². The lowest BCUT2D eigenvalue weighted by molar-refractivity contribution is -0.0414. The van der Waals surface area contributed by atoms with Crippen LogP contribution in [0.4, 0.5) is 0 Å². The summed E-state index contributed by atoms with van der Waals surface area (Å²) in [4.78, 5) is 2.52. The first-order chi connectivity index (χ1) is 9.75. The Morgan fingerprint density at radius 3 is 3.05 bits per heavy atom. The molecule has 0 bridgehead atoms. The SMILES string of the molecule is CC12c3oc4ccccc4c3CCN1CCC[C@@H]2CO. The number of rotatable bonds is 1. The number of furan rings is 1. The van der Waals surface area contributed by atoms with Gasteiger partial charge in [0, 0.05) is 30.0 Å². The summed E-state index contributed by atoms with van der Waals surface area (Å²) in [5.74, 6) is 1.37. The molecule has 2 aliphatic heterocycles. The molecule has 2 aliphatic rings. The average Bonchev–Trinajstić information content (AvgIpc) is 2.86. The Hall–Kier alpha value is -1.32. The van der Waals surface area contributed by atoms with Gasteiger partial charge in [-0.2, -0.15) is 0 Å². The third-order valence-corrected chi connectivity index (χ3v) is 5.44. The van der Waals surface area contributed by atoms with Gasteiger partial charge < -0.3 is 9.52 Å². The number of piperidine rings is 1. The largest absolute Gasteiger partial charge is 0.459 e. The number of fused-ring (bicyclic) bond motifs is 5. The zero-order valence-corrected chi connectivity index (χ0v) is 11.9. The minimum atomic E-state index is -0.139. The monoisotopic (exact) mass is 271 g/mol. The Morgan fingerprint density at radius 2 is 2.20 bits per heavy atom. The molecular formula is C17H21NO2. The molecule has 0 saturated carbocycles. The molecule has 3 nitrogen and oxygen atoms in total. The minimum absolute atomic E-state index is 0.139. The second-order valence-electron chi connectivity index (χ2n) is 6.31. The van der Waals surface area contributed by atoms with Crippen LogP contribution in [0.25, 0.3) is 11.0 Å². The molecule has 106 valence electrons. The van der Waals surface area contributed by atoms with Crippen LogP contribution in [0.5, 0.6) is 0 Å². The molecule has 3 heterocycles. The van der Waals surface area contributed by atoms with Crippen molar-refractivity contribution in [2.45, 2.75) is 31.7 Å². The Morgan fingerprint density at radius 1 is 1.35 bits per heavy atom. The molecule has 0 radical (unpaired) electrons. The van der Waals surface area contributed by atoms with E-state index in [0.717, 1.165) is 37.3 Å². The van der Waals surface area contributed by atoms with Gasteiger partial charge in [-0.15, -0.1) is 0 Å². The molecule has 1 aromatic carbocycles. The molecule has 1 unspecified atom stereocenters. The van der Waals surface area contributed by atoms with Gasteiger partial charge in [0.2, 0.25) is 0 Å². The molecule has 1 saturated heterocycles. The van der Waals surface area contributed by atoms with Gasteiger partial charge in [0.1, 0.15) is 11.3 Å². The van der Waals surface area contributed by atoms with E-state index in [1.807, 2.05) is 6.07 Å². The van der Waals surface area contributed by atoms with Crippen molar-refractivity contribution in [3.8, 4) is 0 Å². The van der Waals surface area contributed by atoms with E-state index in [4.69, 9.17) is 4.42 Å². The molecule has 4 rings (SSSR count). The van der Waals surface area contributed by atoms with E-state index >= 15 is 0 Å². The van der Waals surface area contributed by atoms with Gasteiger partial charge in [0.25, 0.3) is 0 Å². The highest BCUT2D eigenvalue weighted by Gasteiger charge is 2.49. The fourth-order valence-corrected chi connectivity index (χ4v) is 4.24. The van der Waals surface area contributed by atoms with Gasteiger partial charge in [0.05, 0.1) is 5.54 Å². The Kier molecular flexibility index (Phi) is 2.69. The third kappa shape index (κ3) is 1.48. The molecular weight excluding hydrogens is 250 g/mol. The Labute approximate surface area is 119 Å². The molecule has 0 spiro atoms. The maximum atomic E-state index is 9.83. The Balaban J connectivity index is 1.95. The van der Waals surface area contributed by atoms with Crippen molar-refractivity contribution in [1.82, 2.24) is 4.90 Å². The van der Waals surface area contributed by atoms with Crippen LogP contribution >= 0.6 is 0 Å². The van der Waals surface area contributed by atoms with Crippen LogP contribution in [0.3, 0.4) is 0 Å². The molecule has 1 fully saturated rings. The van der Waals surface area contributed by atoms with E-state index in [9.17, 15) is 5.11 Å². The molecule has 0 amide bonds. The van der Waals surface area contributed by atoms with E-state index < -0.39 is 0 Å². The first kappa shape index (κ1) is 12.4. The van der Waals surface area contributed by atoms with Crippen LogP contribution in [-0.2, 0) is 12.0 Å². The first-order valence-electron chi connectivity index (χ1n) is 7.62. The normalized spacial score (nSPS) is 30.2. The van der Waals surface area contributed by atoms with Crippen molar-refractivity contribution in [2.24, 2.45) is 5.92 Å². The quantitative estimate of drug-likeness (QED) is 0.866. The van der Waals surface area contributed by atoms with Crippen LogP contribution in [0, 0.1) is 5.92 Å². The highest BCUT2D eigenvalue weighted by molar-refractivity contribution is 5.83. The van der Waals surface area contributed by atoms with Crippen molar-refractivity contribution >= 4 is 11.0 Å².